The monoisotopic (exact) mass is 119 g/mol. The van der Waals surface area contributed by atoms with E-state index in [0.29, 0.717) is 6.42 Å². The molecule has 1 atom stereocenters. The van der Waals surface area contributed by atoms with Gasteiger partial charge < -0.3 is 10.2 Å². The quantitative estimate of drug-likeness (QED) is 0.526. The van der Waals surface area contributed by atoms with Crippen molar-refractivity contribution in [2.24, 2.45) is 0 Å². The minimum atomic E-state index is -0.600. The molecule has 0 saturated carbocycles. The Kier molecular flexibility index (Phi) is 4.95. The lowest BCUT2D eigenvalue weighted by Crippen LogP contribution is -2.09. The molecular formula is C5H11O3. The SMILES string of the molecule is [O]CCC(O)CCO. The minimum Gasteiger partial charge on any atom is -0.396 e. The number of hydrogen-bond acceptors (Lipinski definition) is 2. The van der Waals surface area contributed by atoms with Crippen molar-refractivity contribution in [2.75, 3.05) is 13.2 Å². The van der Waals surface area contributed by atoms with Gasteiger partial charge in [-0.15, -0.1) is 0 Å². The molecule has 0 bridgehead atoms. The van der Waals surface area contributed by atoms with Gasteiger partial charge in [-0.2, -0.15) is 0 Å². The molecule has 0 aromatic heterocycles. The van der Waals surface area contributed by atoms with Crippen LogP contribution in [0.3, 0.4) is 0 Å². The largest absolute Gasteiger partial charge is 0.396 e. The highest BCUT2D eigenvalue weighted by Crippen LogP contribution is 1.93. The van der Waals surface area contributed by atoms with Crippen LogP contribution in [0.15, 0.2) is 0 Å². The summed E-state index contributed by atoms with van der Waals surface area (Å²) in [5, 5.41) is 26.7. The standard InChI is InChI=1S/C5H11O3/c6-3-1-5(8)2-4-7/h5-6,8H,1-4H2. The Hall–Kier alpha value is -0.120. The Balaban J connectivity index is 2.92. The van der Waals surface area contributed by atoms with Gasteiger partial charge in [-0.05, 0) is 12.8 Å². The number of rotatable bonds is 4. The zero-order valence-electron chi connectivity index (χ0n) is 4.71. The maximum atomic E-state index is 9.77. The molecule has 0 spiro atoms. The van der Waals surface area contributed by atoms with Crippen molar-refractivity contribution < 1.29 is 15.3 Å². The van der Waals surface area contributed by atoms with Crippen LogP contribution >= 0.6 is 0 Å². The van der Waals surface area contributed by atoms with Crippen molar-refractivity contribution in [2.45, 2.75) is 18.9 Å². The van der Waals surface area contributed by atoms with Crippen LogP contribution in [0, 0.1) is 0 Å². The molecule has 3 heteroatoms. The van der Waals surface area contributed by atoms with Crippen LogP contribution < -0.4 is 0 Å². The smallest absolute Gasteiger partial charge is 0.0846 e. The van der Waals surface area contributed by atoms with Crippen LogP contribution in [0.1, 0.15) is 12.8 Å². The lowest BCUT2D eigenvalue weighted by atomic mass is 10.2. The summed E-state index contributed by atoms with van der Waals surface area (Å²) in [6.45, 7) is -0.303. The van der Waals surface area contributed by atoms with Gasteiger partial charge in [-0.25, -0.2) is 5.11 Å². The number of aliphatic hydroxyl groups excluding tert-OH is 2. The van der Waals surface area contributed by atoms with E-state index in [9.17, 15) is 5.11 Å². The van der Waals surface area contributed by atoms with Gasteiger partial charge in [0, 0.05) is 6.61 Å². The van der Waals surface area contributed by atoms with Gasteiger partial charge in [0.05, 0.1) is 12.7 Å². The molecule has 0 aliphatic carbocycles. The zero-order chi connectivity index (χ0) is 6.41. The Bertz CT molecular complexity index is 40.9. The lowest BCUT2D eigenvalue weighted by molar-refractivity contribution is 0.0841. The first-order valence-electron chi connectivity index (χ1n) is 2.68. The average Bonchev–Trinajstić information content (AvgIpc) is 1.68. The van der Waals surface area contributed by atoms with Gasteiger partial charge in [0.1, 0.15) is 0 Å². The van der Waals surface area contributed by atoms with E-state index in [1.165, 1.54) is 0 Å². The first-order valence-corrected chi connectivity index (χ1v) is 2.68. The molecule has 1 radical (unpaired) electrons. The maximum Gasteiger partial charge on any atom is 0.0846 e. The van der Waals surface area contributed by atoms with E-state index >= 15 is 0 Å². The first-order chi connectivity index (χ1) is 3.81. The van der Waals surface area contributed by atoms with Gasteiger partial charge in [-0.3, -0.25) is 0 Å². The summed E-state index contributed by atoms with van der Waals surface area (Å²) >= 11 is 0. The molecule has 2 N–H and O–H groups in total. The van der Waals surface area contributed by atoms with Crippen molar-refractivity contribution in [3.63, 3.8) is 0 Å². The molecule has 0 amide bonds. The fourth-order valence-corrected chi connectivity index (χ4v) is 0.429. The third kappa shape index (κ3) is 4.05. The molecular weight excluding hydrogens is 108 g/mol. The van der Waals surface area contributed by atoms with E-state index in [2.05, 4.69) is 0 Å². The number of aliphatic hydroxyl groups is 2. The van der Waals surface area contributed by atoms with E-state index < -0.39 is 6.10 Å². The van der Waals surface area contributed by atoms with Crippen LogP contribution in [0.5, 0.6) is 0 Å². The second-order valence-corrected chi connectivity index (χ2v) is 1.66. The molecule has 1 unspecified atom stereocenters. The molecule has 0 aromatic rings. The molecule has 0 heterocycles. The van der Waals surface area contributed by atoms with Gasteiger partial charge in [0.25, 0.3) is 0 Å². The summed E-state index contributed by atoms with van der Waals surface area (Å²) in [4.78, 5) is 0. The Morgan fingerprint density at radius 2 is 2.00 bits per heavy atom. The Morgan fingerprint density at radius 1 is 1.38 bits per heavy atom. The molecule has 8 heavy (non-hydrogen) atoms. The van der Waals surface area contributed by atoms with E-state index in [1.54, 1.807) is 0 Å². The Labute approximate surface area is 48.6 Å². The molecule has 0 rings (SSSR count). The molecule has 49 valence electrons. The highest BCUT2D eigenvalue weighted by molar-refractivity contribution is 4.51. The van der Waals surface area contributed by atoms with Crippen molar-refractivity contribution in [3.8, 4) is 0 Å². The molecule has 0 saturated heterocycles. The zero-order valence-corrected chi connectivity index (χ0v) is 4.71. The summed E-state index contributed by atoms with van der Waals surface area (Å²) in [6, 6.07) is 0. The highest BCUT2D eigenvalue weighted by Gasteiger charge is 1.99. The fraction of sp³-hybridized carbons (Fsp3) is 1.00. The molecule has 0 fully saturated rings. The molecule has 0 aromatic carbocycles. The van der Waals surface area contributed by atoms with Gasteiger partial charge >= 0.3 is 0 Å². The maximum absolute atomic E-state index is 9.77. The topological polar surface area (TPSA) is 60.4 Å². The fourth-order valence-electron chi connectivity index (χ4n) is 0.429. The Morgan fingerprint density at radius 3 is 2.38 bits per heavy atom. The summed E-state index contributed by atoms with van der Waals surface area (Å²) in [5.41, 5.74) is 0. The van der Waals surface area contributed by atoms with E-state index in [4.69, 9.17) is 10.2 Å². The van der Waals surface area contributed by atoms with Crippen molar-refractivity contribution in [1.82, 2.24) is 0 Å². The van der Waals surface area contributed by atoms with E-state index in [-0.39, 0.29) is 19.6 Å². The normalized spacial score (nSPS) is 10.5. The van der Waals surface area contributed by atoms with Crippen LogP contribution in [0.25, 0.3) is 0 Å². The van der Waals surface area contributed by atoms with Crippen molar-refractivity contribution in [3.05, 3.63) is 0 Å². The predicted octanol–water partition coefficient (Wildman–Crippen LogP) is -0.450. The van der Waals surface area contributed by atoms with E-state index in [1.807, 2.05) is 0 Å². The lowest BCUT2D eigenvalue weighted by Gasteiger charge is -2.02. The molecule has 0 aliphatic rings. The van der Waals surface area contributed by atoms with Gasteiger partial charge in [0.2, 0.25) is 0 Å². The van der Waals surface area contributed by atoms with Crippen molar-refractivity contribution in [1.29, 1.82) is 0 Å². The summed E-state index contributed by atoms with van der Waals surface area (Å²) in [6.07, 6.45) is -0.0273. The summed E-state index contributed by atoms with van der Waals surface area (Å²) < 4.78 is 0. The highest BCUT2D eigenvalue weighted by atomic mass is 16.3. The van der Waals surface area contributed by atoms with Gasteiger partial charge in [-0.1, -0.05) is 0 Å². The van der Waals surface area contributed by atoms with Gasteiger partial charge in [0.15, 0.2) is 0 Å². The third-order valence-corrected chi connectivity index (χ3v) is 0.913. The van der Waals surface area contributed by atoms with Crippen LogP contribution in [-0.4, -0.2) is 29.5 Å². The summed E-state index contributed by atoms with van der Waals surface area (Å²) in [7, 11) is 0. The van der Waals surface area contributed by atoms with Crippen LogP contribution in [-0.2, 0) is 5.11 Å². The van der Waals surface area contributed by atoms with E-state index in [0.717, 1.165) is 0 Å². The van der Waals surface area contributed by atoms with Crippen LogP contribution in [0.4, 0.5) is 0 Å². The third-order valence-electron chi connectivity index (χ3n) is 0.913. The molecule has 3 nitrogen and oxygen atoms in total. The van der Waals surface area contributed by atoms with Crippen LogP contribution in [0.2, 0.25) is 0 Å². The second kappa shape index (κ2) is 5.03. The first kappa shape index (κ1) is 7.88. The average molecular weight is 119 g/mol. The number of hydrogen-bond donors (Lipinski definition) is 2. The van der Waals surface area contributed by atoms with Crippen molar-refractivity contribution >= 4 is 0 Å². The second-order valence-electron chi connectivity index (χ2n) is 1.66. The molecule has 0 aliphatic heterocycles. The minimum absolute atomic E-state index is 0.0405. The summed E-state index contributed by atoms with van der Waals surface area (Å²) in [5.74, 6) is 0. The predicted molar refractivity (Wildman–Crippen MR) is 27.9 cm³/mol.